The van der Waals surface area contributed by atoms with Crippen LogP contribution in [0.25, 0.3) is 0 Å². The topological polar surface area (TPSA) is 21.3 Å². The lowest BCUT2D eigenvalue weighted by Gasteiger charge is -2.08. The van der Waals surface area contributed by atoms with E-state index in [2.05, 4.69) is 12.2 Å². The van der Waals surface area contributed by atoms with Crippen molar-refractivity contribution in [3.8, 4) is 0 Å². The minimum atomic E-state index is 0.156. The van der Waals surface area contributed by atoms with Crippen LogP contribution in [-0.4, -0.2) is 32.2 Å². The summed E-state index contributed by atoms with van der Waals surface area (Å²) in [6.07, 6.45) is 6.27. The second-order valence-corrected chi connectivity index (χ2v) is 4.27. The van der Waals surface area contributed by atoms with Crippen LogP contribution in [0.5, 0.6) is 0 Å². The van der Waals surface area contributed by atoms with Gasteiger partial charge in [-0.3, -0.25) is 0 Å². The molecule has 0 fully saturated rings. The summed E-state index contributed by atoms with van der Waals surface area (Å²) < 4.78 is 4.95. The van der Waals surface area contributed by atoms with E-state index in [4.69, 9.17) is 16.3 Å². The van der Waals surface area contributed by atoms with Crippen LogP contribution >= 0.6 is 11.6 Å². The fourth-order valence-electron chi connectivity index (χ4n) is 1.32. The Morgan fingerprint density at radius 3 is 2.64 bits per heavy atom. The molecule has 0 saturated carbocycles. The van der Waals surface area contributed by atoms with Crippen molar-refractivity contribution < 1.29 is 4.74 Å². The van der Waals surface area contributed by atoms with E-state index < -0.39 is 0 Å². The predicted molar refractivity (Wildman–Crippen MR) is 63.1 cm³/mol. The predicted octanol–water partition coefficient (Wildman–Crippen LogP) is 2.80. The van der Waals surface area contributed by atoms with Gasteiger partial charge in [0.2, 0.25) is 0 Å². The van der Waals surface area contributed by atoms with Crippen LogP contribution in [0.15, 0.2) is 0 Å². The Labute approximate surface area is 93.4 Å². The van der Waals surface area contributed by atoms with Gasteiger partial charge in [0.05, 0.1) is 12.0 Å². The lowest BCUT2D eigenvalue weighted by atomic mass is 10.2. The van der Waals surface area contributed by atoms with E-state index in [-0.39, 0.29) is 5.38 Å². The van der Waals surface area contributed by atoms with E-state index in [0.29, 0.717) is 6.61 Å². The van der Waals surface area contributed by atoms with Crippen molar-refractivity contribution in [2.24, 2.45) is 0 Å². The van der Waals surface area contributed by atoms with E-state index in [1.165, 1.54) is 25.7 Å². The van der Waals surface area contributed by atoms with E-state index in [0.717, 1.165) is 19.5 Å². The van der Waals surface area contributed by atoms with Gasteiger partial charge < -0.3 is 10.1 Å². The van der Waals surface area contributed by atoms with Gasteiger partial charge in [-0.25, -0.2) is 0 Å². The van der Waals surface area contributed by atoms with Crippen LogP contribution in [0.3, 0.4) is 0 Å². The quantitative estimate of drug-likeness (QED) is 0.453. The van der Waals surface area contributed by atoms with Gasteiger partial charge >= 0.3 is 0 Å². The Kier molecular flexibility index (Phi) is 11.5. The van der Waals surface area contributed by atoms with Crippen LogP contribution in [0.2, 0.25) is 0 Å². The third-order valence-corrected chi connectivity index (χ3v) is 2.53. The van der Waals surface area contributed by atoms with Crippen molar-refractivity contribution in [1.82, 2.24) is 5.32 Å². The molecule has 14 heavy (non-hydrogen) atoms. The fourth-order valence-corrected chi connectivity index (χ4v) is 1.56. The van der Waals surface area contributed by atoms with Crippen LogP contribution in [0.4, 0.5) is 0 Å². The summed E-state index contributed by atoms with van der Waals surface area (Å²) in [5.74, 6) is 0. The Hall–Kier alpha value is 0.210. The number of alkyl halides is 1. The minimum absolute atomic E-state index is 0.156. The van der Waals surface area contributed by atoms with Crippen molar-refractivity contribution in [3.05, 3.63) is 0 Å². The van der Waals surface area contributed by atoms with Crippen LogP contribution in [0.1, 0.15) is 39.0 Å². The van der Waals surface area contributed by atoms with E-state index >= 15 is 0 Å². The number of nitrogens with one attached hydrogen (secondary N) is 1. The van der Waals surface area contributed by atoms with Crippen molar-refractivity contribution in [2.45, 2.75) is 44.4 Å². The maximum absolute atomic E-state index is 5.98. The molecule has 1 unspecified atom stereocenters. The molecule has 0 aliphatic rings. The molecule has 0 heterocycles. The molecule has 0 aliphatic carbocycles. The molecule has 1 N–H and O–H groups in total. The maximum atomic E-state index is 5.98. The number of ether oxygens (including phenoxy) is 1. The van der Waals surface area contributed by atoms with Gasteiger partial charge in [-0.2, -0.15) is 0 Å². The molecule has 0 rings (SSSR count). The smallest absolute Gasteiger partial charge is 0.0626 e. The van der Waals surface area contributed by atoms with Crippen LogP contribution < -0.4 is 5.32 Å². The molecular formula is C11H24ClNO. The van der Waals surface area contributed by atoms with Gasteiger partial charge in [0.25, 0.3) is 0 Å². The molecule has 0 aromatic carbocycles. The molecule has 1 atom stereocenters. The summed E-state index contributed by atoms with van der Waals surface area (Å²) in [4.78, 5) is 0. The third kappa shape index (κ3) is 10.3. The highest BCUT2D eigenvalue weighted by atomic mass is 35.5. The number of rotatable bonds is 10. The Morgan fingerprint density at radius 2 is 2.00 bits per heavy atom. The normalized spacial score (nSPS) is 13.1. The van der Waals surface area contributed by atoms with Gasteiger partial charge in [0, 0.05) is 7.11 Å². The van der Waals surface area contributed by atoms with Crippen molar-refractivity contribution in [1.29, 1.82) is 0 Å². The molecule has 0 aromatic rings. The van der Waals surface area contributed by atoms with E-state index in [9.17, 15) is 0 Å². The maximum Gasteiger partial charge on any atom is 0.0626 e. The number of hydrogen-bond donors (Lipinski definition) is 1. The minimum Gasteiger partial charge on any atom is -0.383 e. The van der Waals surface area contributed by atoms with Gasteiger partial charge in [-0.1, -0.05) is 26.2 Å². The molecule has 0 bridgehead atoms. The van der Waals surface area contributed by atoms with E-state index in [1.807, 2.05) is 0 Å². The van der Waals surface area contributed by atoms with E-state index in [1.54, 1.807) is 7.11 Å². The number of hydrogen-bond acceptors (Lipinski definition) is 2. The molecular weight excluding hydrogens is 198 g/mol. The highest BCUT2D eigenvalue weighted by molar-refractivity contribution is 6.20. The van der Waals surface area contributed by atoms with Crippen molar-refractivity contribution in [2.75, 3.05) is 26.8 Å². The highest BCUT2D eigenvalue weighted by Crippen LogP contribution is 2.01. The zero-order valence-electron chi connectivity index (χ0n) is 9.52. The lowest BCUT2D eigenvalue weighted by molar-refractivity contribution is 0.195. The highest BCUT2D eigenvalue weighted by Gasteiger charge is 2.01. The lowest BCUT2D eigenvalue weighted by Crippen LogP contribution is -2.21. The summed E-state index contributed by atoms with van der Waals surface area (Å²) in [6.45, 7) is 5.01. The molecule has 0 radical (unpaired) electrons. The zero-order valence-corrected chi connectivity index (χ0v) is 10.3. The summed E-state index contributed by atoms with van der Waals surface area (Å²) in [7, 11) is 1.69. The SMILES string of the molecule is CCCCCCNCCC(Cl)COC. The number of methoxy groups -OCH3 is 1. The first-order valence-corrected chi connectivity index (χ1v) is 6.08. The molecule has 0 spiro atoms. The standard InChI is InChI=1S/C11H24ClNO/c1-3-4-5-6-8-13-9-7-11(12)10-14-2/h11,13H,3-10H2,1-2H3. The average molecular weight is 222 g/mol. The largest absolute Gasteiger partial charge is 0.383 e. The Bertz CT molecular complexity index is 111. The fraction of sp³-hybridized carbons (Fsp3) is 1.00. The monoisotopic (exact) mass is 221 g/mol. The van der Waals surface area contributed by atoms with Crippen LogP contribution in [-0.2, 0) is 4.74 Å². The Balaban J connectivity index is 2.98. The first-order valence-electron chi connectivity index (χ1n) is 5.65. The average Bonchev–Trinajstić information content (AvgIpc) is 2.17. The number of unbranched alkanes of at least 4 members (excludes halogenated alkanes) is 3. The van der Waals surface area contributed by atoms with Crippen LogP contribution in [0, 0.1) is 0 Å². The van der Waals surface area contributed by atoms with Gasteiger partial charge in [-0.15, -0.1) is 11.6 Å². The van der Waals surface area contributed by atoms with Crippen molar-refractivity contribution in [3.63, 3.8) is 0 Å². The van der Waals surface area contributed by atoms with Gasteiger partial charge in [0.1, 0.15) is 0 Å². The second-order valence-electron chi connectivity index (χ2n) is 3.65. The number of halogens is 1. The van der Waals surface area contributed by atoms with Gasteiger partial charge in [-0.05, 0) is 25.9 Å². The summed E-state index contributed by atoms with van der Waals surface area (Å²) in [6, 6.07) is 0. The molecule has 0 saturated heterocycles. The summed E-state index contributed by atoms with van der Waals surface area (Å²) in [5, 5.41) is 3.55. The third-order valence-electron chi connectivity index (χ3n) is 2.19. The Morgan fingerprint density at radius 1 is 1.21 bits per heavy atom. The molecule has 86 valence electrons. The first-order chi connectivity index (χ1) is 6.81. The summed E-state index contributed by atoms with van der Waals surface area (Å²) in [5.41, 5.74) is 0. The van der Waals surface area contributed by atoms with Gasteiger partial charge in [0.15, 0.2) is 0 Å². The molecule has 0 amide bonds. The van der Waals surface area contributed by atoms with Crippen molar-refractivity contribution >= 4 is 11.6 Å². The molecule has 3 heteroatoms. The molecule has 0 aromatic heterocycles. The molecule has 0 aliphatic heterocycles. The molecule has 2 nitrogen and oxygen atoms in total. The second kappa shape index (κ2) is 11.3. The zero-order chi connectivity index (χ0) is 10.6. The first kappa shape index (κ1) is 14.2. The summed E-state index contributed by atoms with van der Waals surface area (Å²) >= 11 is 5.98.